The van der Waals surface area contributed by atoms with E-state index in [9.17, 15) is 9.59 Å². The van der Waals surface area contributed by atoms with Crippen molar-refractivity contribution in [1.29, 1.82) is 0 Å². The lowest BCUT2D eigenvalue weighted by Crippen LogP contribution is -2.40. The molecule has 0 N–H and O–H groups in total. The minimum Gasteiger partial charge on any atom is -0.466 e. The summed E-state index contributed by atoms with van der Waals surface area (Å²) in [7, 11) is 2.58. The van der Waals surface area contributed by atoms with Crippen LogP contribution in [-0.4, -0.2) is 45.6 Å². The summed E-state index contributed by atoms with van der Waals surface area (Å²) in [5, 5.41) is 2.14. The topological polar surface area (TPSA) is 74.3 Å². The normalized spacial score (nSPS) is 24.7. The Hall–Kier alpha value is -2.68. The van der Waals surface area contributed by atoms with Gasteiger partial charge in [0.05, 0.1) is 32.5 Å². The van der Waals surface area contributed by atoms with Crippen molar-refractivity contribution in [3.05, 3.63) is 63.0 Å². The molecule has 7 nitrogen and oxygen atoms in total. The van der Waals surface area contributed by atoms with Crippen LogP contribution in [0.25, 0.3) is 0 Å². The number of thiophene rings is 1. The van der Waals surface area contributed by atoms with Gasteiger partial charge in [0.1, 0.15) is 18.5 Å². The zero-order chi connectivity index (χ0) is 22.9. The molecule has 3 unspecified atom stereocenters. The molecule has 2 aliphatic heterocycles. The highest BCUT2D eigenvalue weighted by Crippen LogP contribution is 2.50. The van der Waals surface area contributed by atoms with Gasteiger partial charge in [-0.05, 0) is 35.9 Å². The third-order valence-corrected chi connectivity index (χ3v) is 7.77. The first-order chi connectivity index (χ1) is 16.1. The average Bonchev–Trinajstić information content (AvgIpc) is 3.37. The summed E-state index contributed by atoms with van der Waals surface area (Å²) in [6.07, 6.45) is 4.54. The monoisotopic (exact) mass is 469 g/mol. The van der Waals surface area contributed by atoms with Gasteiger partial charge in [-0.3, -0.25) is 0 Å². The molecule has 0 amide bonds. The zero-order valence-electron chi connectivity index (χ0n) is 18.7. The second kappa shape index (κ2) is 9.29. The molecule has 174 valence electrons. The molecular weight excluding hydrogens is 442 g/mol. The number of anilines is 1. The molecule has 8 heteroatoms. The van der Waals surface area contributed by atoms with Gasteiger partial charge in [-0.2, -0.15) is 0 Å². The van der Waals surface area contributed by atoms with Crippen LogP contribution in [0.5, 0.6) is 0 Å². The van der Waals surface area contributed by atoms with Crippen molar-refractivity contribution in [1.82, 2.24) is 0 Å². The van der Waals surface area contributed by atoms with Crippen molar-refractivity contribution in [3.8, 4) is 0 Å². The third kappa shape index (κ3) is 3.86. The van der Waals surface area contributed by atoms with E-state index in [2.05, 4.69) is 11.4 Å². The van der Waals surface area contributed by atoms with Gasteiger partial charge in [0.15, 0.2) is 0 Å². The Morgan fingerprint density at radius 1 is 1.03 bits per heavy atom. The molecule has 0 spiro atoms. The molecule has 3 atom stereocenters. The molecule has 1 aromatic heterocycles. The van der Waals surface area contributed by atoms with Crippen molar-refractivity contribution in [2.45, 2.75) is 43.8 Å². The molecule has 0 bridgehead atoms. The van der Waals surface area contributed by atoms with E-state index in [1.54, 1.807) is 16.2 Å². The molecule has 2 aromatic rings. The number of fused-ring (bicyclic) bond motifs is 3. The van der Waals surface area contributed by atoms with Gasteiger partial charge >= 0.3 is 11.9 Å². The summed E-state index contributed by atoms with van der Waals surface area (Å²) in [4.78, 5) is 28.3. The zero-order valence-corrected chi connectivity index (χ0v) is 19.6. The first-order valence-corrected chi connectivity index (χ1v) is 12.1. The SMILES string of the molecule is COC(=O)C1=C(C(=O)OC)N(c2ccccc2C2OC3CCCCC3c3sccc32)COC1. The second-order valence-electron chi connectivity index (χ2n) is 8.46. The summed E-state index contributed by atoms with van der Waals surface area (Å²) < 4.78 is 22.4. The molecule has 0 radical (unpaired) electrons. The number of esters is 2. The largest absolute Gasteiger partial charge is 0.466 e. The first-order valence-electron chi connectivity index (χ1n) is 11.2. The van der Waals surface area contributed by atoms with Crippen LogP contribution in [0.15, 0.2) is 47.0 Å². The molecule has 1 fully saturated rings. The Labute approximate surface area is 196 Å². The van der Waals surface area contributed by atoms with E-state index in [4.69, 9.17) is 18.9 Å². The highest BCUT2D eigenvalue weighted by molar-refractivity contribution is 7.10. The van der Waals surface area contributed by atoms with Crippen molar-refractivity contribution < 1.29 is 28.5 Å². The molecule has 33 heavy (non-hydrogen) atoms. The number of hydrogen-bond acceptors (Lipinski definition) is 8. The number of ether oxygens (including phenoxy) is 4. The van der Waals surface area contributed by atoms with Gasteiger partial charge in [-0.15, -0.1) is 11.3 Å². The van der Waals surface area contributed by atoms with Crippen LogP contribution in [0.3, 0.4) is 0 Å². The molecule has 3 aliphatic rings. The number of carbonyl (C=O) groups excluding carboxylic acids is 2. The van der Waals surface area contributed by atoms with Gasteiger partial charge in [-0.1, -0.05) is 31.0 Å². The summed E-state index contributed by atoms with van der Waals surface area (Å²) in [6, 6.07) is 9.96. The Morgan fingerprint density at radius 2 is 1.82 bits per heavy atom. The van der Waals surface area contributed by atoms with Crippen LogP contribution in [0.4, 0.5) is 5.69 Å². The van der Waals surface area contributed by atoms with Gasteiger partial charge in [0, 0.05) is 22.0 Å². The van der Waals surface area contributed by atoms with Crippen molar-refractivity contribution in [2.24, 2.45) is 0 Å². The first kappa shape index (κ1) is 22.1. The van der Waals surface area contributed by atoms with Crippen molar-refractivity contribution in [3.63, 3.8) is 0 Å². The molecule has 3 heterocycles. The number of carbonyl (C=O) groups is 2. The third-order valence-electron chi connectivity index (χ3n) is 6.70. The second-order valence-corrected chi connectivity index (χ2v) is 9.41. The van der Waals surface area contributed by atoms with Crippen LogP contribution in [-0.2, 0) is 28.5 Å². The smallest absolute Gasteiger partial charge is 0.355 e. The van der Waals surface area contributed by atoms with Gasteiger partial charge in [0.2, 0.25) is 0 Å². The standard InChI is InChI=1S/C25H27NO6S/c1-29-24(27)18-13-31-14-26(21(18)25(28)30-2)19-9-5-3-7-15(19)22-17-11-12-33-23(17)16-8-4-6-10-20(16)32-22/h3,5,7,9,11-12,16,20,22H,4,6,8,10,13-14H2,1-2H3. The highest BCUT2D eigenvalue weighted by Gasteiger charge is 2.41. The number of hydrogen-bond donors (Lipinski definition) is 0. The number of para-hydroxylation sites is 1. The minimum absolute atomic E-state index is 0.0197. The van der Waals surface area contributed by atoms with Crippen LogP contribution in [0.1, 0.15) is 53.7 Å². The fourth-order valence-corrected chi connectivity index (χ4v) is 6.30. The van der Waals surface area contributed by atoms with E-state index in [1.165, 1.54) is 37.5 Å². The van der Waals surface area contributed by atoms with Crippen molar-refractivity contribution in [2.75, 3.05) is 32.5 Å². The fraction of sp³-hybridized carbons (Fsp3) is 0.440. The Morgan fingerprint density at radius 3 is 2.64 bits per heavy atom. The maximum atomic E-state index is 12.8. The number of nitrogens with zero attached hydrogens (tertiary/aromatic N) is 1. The van der Waals surface area contributed by atoms with E-state index in [0.717, 1.165) is 24.1 Å². The summed E-state index contributed by atoms with van der Waals surface area (Å²) in [5.74, 6) is -0.773. The van der Waals surface area contributed by atoms with E-state index < -0.39 is 11.9 Å². The lowest BCUT2D eigenvalue weighted by atomic mass is 9.80. The maximum Gasteiger partial charge on any atom is 0.355 e. The Kier molecular flexibility index (Phi) is 6.23. The fourth-order valence-electron chi connectivity index (χ4n) is 5.19. The molecule has 5 rings (SSSR count). The van der Waals surface area contributed by atoms with Crippen LogP contribution in [0, 0.1) is 0 Å². The summed E-state index contributed by atoms with van der Waals surface area (Å²) in [5.41, 5.74) is 3.14. The van der Waals surface area contributed by atoms with E-state index in [-0.39, 0.29) is 36.8 Å². The van der Waals surface area contributed by atoms with E-state index >= 15 is 0 Å². The number of benzene rings is 1. The molecule has 1 saturated carbocycles. The lowest BCUT2D eigenvalue weighted by molar-refractivity contribution is -0.140. The maximum absolute atomic E-state index is 12.8. The van der Waals surface area contributed by atoms with Gasteiger partial charge in [0.25, 0.3) is 0 Å². The van der Waals surface area contributed by atoms with E-state index in [1.807, 2.05) is 24.3 Å². The van der Waals surface area contributed by atoms with Gasteiger partial charge in [-0.25, -0.2) is 9.59 Å². The minimum atomic E-state index is -0.614. The number of rotatable bonds is 4. The quantitative estimate of drug-likeness (QED) is 0.619. The van der Waals surface area contributed by atoms with Gasteiger partial charge < -0.3 is 23.8 Å². The number of methoxy groups -OCH3 is 2. The van der Waals surface area contributed by atoms with Crippen LogP contribution >= 0.6 is 11.3 Å². The Bertz CT molecular complexity index is 1090. The van der Waals surface area contributed by atoms with Crippen LogP contribution < -0.4 is 4.90 Å². The lowest BCUT2D eigenvalue weighted by Gasteiger charge is -2.41. The molecule has 0 saturated heterocycles. The predicted molar refractivity (Wildman–Crippen MR) is 123 cm³/mol. The highest BCUT2D eigenvalue weighted by atomic mass is 32.1. The van der Waals surface area contributed by atoms with Crippen molar-refractivity contribution >= 4 is 29.0 Å². The molecule has 1 aliphatic carbocycles. The summed E-state index contributed by atoms with van der Waals surface area (Å²) in [6.45, 7) is 0.0886. The average molecular weight is 470 g/mol. The van der Waals surface area contributed by atoms with E-state index in [0.29, 0.717) is 5.92 Å². The Balaban J connectivity index is 1.61. The molecular formula is C25H27NO6S. The summed E-state index contributed by atoms with van der Waals surface area (Å²) >= 11 is 1.80. The predicted octanol–water partition coefficient (Wildman–Crippen LogP) is 4.29. The van der Waals surface area contributed by atoms with Crippen LogP contribution in [0.2, 0.25) is 0 Å². The molecule has 1 aromatic carbocycles.